The lowest BCUT2D eigenvalue weighted by Crippen LogP contribution is -2.31. The summed E-state index contributed by atoms with van der Waals surface area (Å²) in [6, 6.07) is 13.5. The maximum atomic E-state index is 7.73. The molecule has 1 heterocycles. The van der Waals surface area contributed by atoms with E-state index in [4.69, 9.17) is 19.7 Å². The Morgan fingerprint density at radius 3 is 2.23 bits per heavy atom. The van der Waals surface area contributed by atoms with Gasteiger partial charge in [0.2, 0.25) is 5.75 Å². The number of hydrogen-bond acceptors (Lipinski definition) is 7. The summed E-state index contributed by atoms with van der Waals surface area (Å²) in [7, 11) is 4.72. The predicted molar refractivity (Wildman–Crippen MR) is 98.1 cm³/mol. The highest BCUT2D eigenvalue weighted by molar-refractivity contribution is 5.54. The zero-order chi connectivity index (χ0) is 18.5. The van der Waals surface area contributed by atoms with E-state index >= 15 is 0 Å². The first-order valence-electron chi connectivity index (χ1n) is 8.42. The summed E-state index contributed by atoms with van der Waals surface area (Å²) in [5, 5.41) is 10.8. The first-order valence-corrected chi connectivity index (χ1v) is 8.42. The van der Waals surface area contributed by atoms with E-state index in [1.54, 1.807) is 21.3 Å². The van der Waals surface area contributed by atoms with Gasteiger partial charge in [0.25, 0.3) is 0 Å². The van der Waals surface area contributed by atoms with Crippen molar-refractivity contribution in [1.82, 2.24) is 10.6 Å². The number of ether oxygens (including phenoxy) is 3. The van der Waals surface area contributed by atoms with E-state index in [0.29, 0.717) is 23.8 Å². The minimum atomic E-state index is -0.370. The van der Waals surface area contributed by atoms with Crippen LogP contribution in [0.2, 0.25) is 0 Å². The fourth-order valence-corrected chi connectivity index (χ4v) is 3.31. The number of nitrogens with one attached hydrogen (secondary N) is 3. The molecule has 7 nitrogen and oxygen atoms in total. The van der Waals surface area contributed by atoms with Crippen molar-refractivity contribution in [2.24, 2.45) is 5.11 Å². The van der Waals surface area contributed by atoms with Gasteiger partial charge < -0.3 is 14.2 Å². The number of hydrogen-bond donors (Lipinski definition) is 3. The van der Waals surface area contributed by atoms with Crippen molar-refractivity contribution in [3.8, 4) is 17.2 Å². The van der Waals surface area contributed by atoms with Gasteiger partial charge in [-0.1, -0.05) is 30.3 Å². The molecule has 7 heteroatoms. The summed E-state index contributed by atoms with van der Waals surface area (Å²) < 4.78 is 16.2. The minimum Gasteiger partial charge on any atom is -0.493 e. The van der Waals surface area contributed by atoms with E-state index < -0.39 is 0 Å². The average Bonchev–Trinajstić information content (AvgIpc) is 3.18. The Morgan fingerprint density at radius 1 is 1.04 bits per heavy atom. The first kappa shape index (κ1) is 18.2. The maximum absolute atomic E-state index is 7.73. The van der Waals surface area contributed by atoms with Crippen LogP contribution < -0.4 is 24.8 Å². The van der Waals surface area contributed by atoms with E-state index in [2.05, 4.69) is 27.9 Å². The molecule has 1 aliphatic rings. The van der Waals surface area contributed by atoms with E-state index in [1.807, 2.05) is 30.3 Å². The molecule has 2 aromatic carbocycles. The van der Waals surface area contributed by atoms with E-state index in [1.165, 1.54) is 0 Å². The molecule has 0 saturated carbocycles. The number of benzene rings is 2. The van der Waals surface area contributed by atoms with Crippen LogP contribution in [-0.4, -0.2) is 33.9 Å². The maximum Gasteiger partial charge on any atom is 0.203 e. The lowest BCUT2D eigenvalue weighted by molar-refractivity contribution is 0.322. The van der Waals surface area contributed by atoms with Gasteiger partial charge in [-0.05, 0) is 23.3 Å². The van der Waals surface area contributed by atoms with Crippen molar-refractivity contribution in [1.29, 1.82) is 5.53 Å². The molecule has 0 amide bonds. The van der Waals surface area contributed by atoms with Gasteiger partial charge in [-0.25, -0.2) is 5.53 Å². The van der Waals surface area contributed by atoms with Crippen molar-refractivity contribution in [2.45, 2.75) is 18.2 Å². The van der Waals surface area contributed by atoms with Crippen molar-refractivity contribution < 1.29 is 14.2 Å². The van der Waals surface area contributed by atoms with Gasteiger partial charge in [-0.3, -0.25) is 10.6 Å². The van der Waals surface area contributed by atoms with Gasteiger partial charge in [0.15, 0.2) is 11.5 Å². The van der Waals surface area contributed by atoms with Gasteiger partial charge >= 0.3 is 0 Å². The molecule has 3 unspecified atom stereocenters. The molecule has 0 aromatic heterocycles. The van der Waals surface area contributed by atoms with Crippen LogP contribution in [0.4, 0.5) is 0 Å². The Hall–Kier alpha value is -2.64. The zero-order valence-electron chi connectivity index (χ0n) is 15.2. The van der Waals surface area contributed by atoms with Crippen molar-refractivity contribution in [2.75, 3.05) is 27.9 Å². The molecule has 138 valence electrons. The zero-order valence-corrected chi connectivity index (χ0v) is 15.2. The molecule has 3 N–H and O–H groups in total. The van der Waals surface area contributed by atoms with Gasteiger partial charge in [0, 0.05) is 12.6 Å². The standard InChI is InChI=1S/C19H24N4O3/c1-24-15-9-13(10-16(25-2)18(15)26-3)17(23-20)14-11-21-19(22-14)12-7-5-4-6-8-12/h4-10,14,17,19-22H,11H2,1-3H3. The largest absolute Gasteiger partial charge is 0.493 e. The van der Waals surface area contributed by atoms with Crippen LogP contribution in [0.15, 0.2) is 47.6 Å². The summed E-state index contributed by atoms with van der Waals surface area (Å²) in [6.45, 7) is 0.698. The monoisotopic (exact) mass is 356 g/mol. The molecule has 3 rings (SSSR count). The summed E-state index contributed by atoms with van der Waals surface area (Å²) in [5.74, 6) is 1.64. The highest BCUT2D eigenvalue weighted by atomic mass is 16.5. The molecule has 0 spiro atoms. The molecule has 3 atom stereocenters. The Bertz CT molecular complexity index is 729. The second-order valence-electron chi connectivity index (χ2n) is 6.06. The fraction of sp³-hybridized carbons (Fsp3) is 0.368. The van der Waals surface area contributed by atoms with Gasteiger partial charge in [-0.15, -0.1) is 0 Å². The molecule has 1 fully saturated rings. The summed E-state index contributed by atoms with van der Waals surface area (Å²) in [5.41, 5.74) is 9.72. The fourth-order valence-electron chi connectivity index (χ4n) is 3.31. The van der Waals surface area contributed by atoms with Crippen molar-refractivity contribution in [3.05, 3.63) is 53.6 Å². The van der Waals surface area contributed by atoms with Crippen molar-refractivity contribution in [3.63, 3.8) is 0 Å². The second-order valence-corrected chi connectivity index (χ2v) is 6.06. The first-order chi connectivity index (χ1) is 12.7. The molecule has 1 saturated heterocycles. The van der Waals surface area contributed by atoms with Gasteiger partial charge in [-0.2, -0.15) is 5.11 Å². The normalized spacial score (nSPS) is 20.4. The molecule has 0 radical (unpaired) electrons. The highest BCUT2D eigenvalue weighted by Gasteiger charge is 2.32. The summed E-state index contributed by atoms with van der Waals surface area (Å²) in [4.78, 5) is 0. The lowest BCUT2D eigenvalue weighted by atomic mass is 9.99. The van der Waals surface area contributed by atoms with Crippen LogP contribution in [0.25, 0.3) is 0 Å². The number of methoxy groups -OCH3 is 3. The topological polar surface area (TPSA) is 88.0 Å². The van der Waals surface area contributed by atoms with Crippen LogP contribution in [0.3, 0.4) is 0 Å². The third-order valence-corrected chi connectivity index (χ3v) is 4.60. The van der Waals surface area contributed by atoms with Crippen LogP contribution in [-0.2, 0) is 0 Å². The average molecular weight is 356 g/mol. The number of rotatable bonds is 7. The highest BCUT2D eigenvalue weighted by Crippen LogP contribution is 2.41. The Morgan fingerprint density at radius 2 is 1.69 bits per heavy atom. The molecule has 0 bridgehead atoms. The Balaban J connectivity index is 1.86. The molecule has 1 aliphatic heterocycles. The van der Waals surface area contributed by atoms with Crippen molar-refractivity contribution >= 4 is 0 Å². The van der Waals surface area contributed by atoms with Crippen LogP contribution in [0, 0.1) is 5.53 Å². The summed E-state index contributed by atoms with van der Waals surface area (Å²) >= 11 is 0. The smallest absolute Gasteiger partial charge is 0.203 e. The van der Waals surface area contributed by atoms with Crippen LogP contribution in [0.1, 0.15) is 23.3 Å². The Labute approximate surface area is 153 Å². The number of nitrogens with zero attached hydrogens (tertiary/aromatic N) is 1. The molecule has 26 heavy (non-hydrogen) atoms. The minimum absolute atomic E-state index is 0.0273. The van der Waals surface area contributed by atoms with Crippen LogP contribution >= 0.6 is 0 Å². The third-order valence-electron chi connectivity index (χ3n) is 4.60. The molecular weight excluding hydrogens is 332 g/mol. The lowest BCUT2D eigenvalue weighted by Gasteiger charge is -2.22. The molecule has 0 aliphatic carbocycles. The van der Waals surface area contributed by atoms with E-state index in [9.17, 15) is 0 Å². The Kier molecular flexibility index (Phi) is 5.70. The van der Waals surface area contributed by atoms with Gasteiger partial charge in [0.1, 0.15) is 6.04 Å². The van der Waals surface area contributed by atoms with Crippen LogP contribution in [0.5, 0.6) is 17.2 Å². The quantitative estimate of drug-likeness (QED) is 0.664. The summed E-state index contributed by atoms with van der Waals surface area (Å²) in [6.07, 6.45) is 0.0347. The van der Waals surface area contributed by atoms with E-state index in [-0.39, 0.29) is 18.2 Å². The SMILES string of the molecule is COc1cc(C(N=N)C2CNC(c3ccccc3)N2)cc(OC)c1OC. The molecule has 2 aromatic rings. The third kappa shape index (κ3) is 3.49. The second kappa shape index (κ2) is 8.16. The van der Waals surface area contributed by atoms with Gasteiger partial charge in [0.05, 0.1) is 27.5 Å². The van der Waals surface area contributed by atoms with E-state index in [0.717, 1.165) is 11.1 Å². The molecular formula is C19H24N4O3. The predicted octanol–water partition coefficient (Wildman–Crippen LogP) is 3.04.